The van der Waals surface area contributed by atoms with Gasteiger partial charge in [-0.15, -0.1) is 0 Å². The summed E-state index contributed by atoms with van der Waals surface area (Å²) >= 11 is 0. The van der Waals surface area contributed by atoms with E-state index in [9.17, 15) is 10.0 Å². The third kappa shape index (κ3) is 2.59. The van der Waals surface area contributed by atoms with Gasteiger partial charge in [-0.3, -0.25) is 0 Å². The molecule has 0 aliphatic carbocycles. The van der Waals surface area contributed by atoms with E-state index < -0.39 is 7.12 Å². The first kappa shape index (κ1) is 12.9. The van der Waals surface area contributed by atoms with E-state index in [1.54, 1.807) is 12.3 Å². The van der Waals surface area contributed by atoms with Crippen LogP contribution in [0.4, 0.5) is 0 Å². The van der Waals surface area contributed by atoms with Crippen LogP contribution < -0.4 is 0 Å². The summed E-state index contributed by atoms with van der Waals surface area (Å²) in [6.45, 7) is 0. The highest BCUT2D eigenvalue weighted by molar-refractivity contribution is 6.43. The summed E-state index contributed by atoms with van der Waals surface area (Å²) in [6, 6.07) is 15.3. The van der Waals surface area contributed by atoms with Crippen LogP contribution >= 0.6 is 0 Å². The van der Waals surface area contributed by atoms with E-state index in [0.29, 0.717) is 12.0 Å². The molecule has 1 unspecified atom stereocenters. The Morgan fingerprint density at radius 2 is 1.90 bits per heavy atom. The van der Waals surface area contributed by atoms with E-state index in [1.165, 1.54) is 0 Å². The average molecular weight is 267 g/mol. The van der Waals surface area contributed by atoms with Crippen molar-refractivity contribution in [2.75, 3.05) is 0 Å². The number of aromatic nitrogens is 1. The Bertz CT molecular complexity index is 696. The quantitative estimate of drug-likeness (QED) is 0.711. The van der Waals surface area contributed by atoms with Crippen molar-refractivity contribution in [2.45, 2.75) is 12.2 Å². The second-order valence-electron chi connectivity index (χ2n) is 4.83. The van der Waals surface area contributed by atoms with Gasteiger partial charge in [0.1, 0.15) is 0 Å². The van der Waals surface area contributed by atoms with Crippen LogP contribution in [0.5, 0.6) is 0 Å². The Balaban J connectivity index is 1.93. The molecule has 0 aliphatic rings. The average Bonchev–Trinajstić information content (AvgIpc) is 2.93. The molecule has 20 heavy (non-hydrogen) atoms. The molecule has 0 fully saturated rings. The molecule has 0 bridgehead atoms. The van der Waals surface area contributed by atoms with E-state index in [-0.39, 0.29) is 5.82 Å². The van der Waals surface area contributed by atoms with Gasteiger partial charge in [-0.1, -0.05) is 41.6 Å². The molecule has 4 nitrogen and oxygen atoms in total. The van der Waals surface area contributed by atoms with E-state index in [0.717, 1.165) is 16.5 Å². The minimum atomic E-state index is -1.41. The van der Waals surface area contributed by atoms with Gasteiger partial charge in [0.2, 0.25) is 0 Å². The van der Waals surface area contributed by atoms with Crippen molar-refractivity contribution >= 4 is 18.1 Å². The topological polar surface area (TPSA) is 66.5 Å². The third-order valence-electron chi connectivity index (χ3n) is 3.46. The zero-order valence-corrected chi connectivity index (χ0v) is 10.8. The van der Waals surface area contributed by atoms with E-state index in [2.05, 4.69) is 5.16 Å². The summed E-state index contributed by atoms with van der Waals surface area (Å²) < 4.78 is 5.06. The monoisotopic (exact) mass is 267 g/mol. The lowest BCUT2D eigenvalue weighted by Crippen LogP contribution is -2.25. The highest BCUT2D eigenvalue weighted by Crippen LogP contribution is 2.25. The van der Waals surface area contributed by atoms with E-state index in [4.69, 9.17) is 4.52 Å². The standard InChI is InChI=1S/C15H14BNO3/c18-16(19)14(8-11-4-2-1-3-5-11)12-6-7-15-13(9-12)10-17-20-15/h1-7,9-10,14,18-19H,8H2. The lowest BCUT2D eigenvalue weighted by Gasteiger charge is -2.16. The maximum Gasteiger partial charge on any atom is 0.459 e. The Kier molecular flexibility index (Phi) is 3.54. The summed E-state index contributed by atoms with van der Waals surface area (Å²) in [7, 11) is -1.41. The molecule has 3 aromatic rings. The van der Waals surface area contributed by atoms with Gasteiger partial charge < -0.3 is 14.6 Å². The maximum absolute atomic E-state index is 9.67. The Morgan fingerprint density at radius 3 is 2.65 bits per heavy atom. The van der Waals surface area contributed by atoms with Crippen LogP contribution in [0.3, 0.4) is 0 Å². The zero-order valence-electron chi connectivity index (χ0n) is 10.8. The minimum Gasteiger partial charge on any atom is -0.427 e. The van der Waals surface area contributed by atoms with Gasteiger partial charge >= 0.3 is 7.12 Å². The van der Waals surface area contributed by atoms with Gasteiger partial charge in [-0.2, -0.15) is 0 Å². The number of nitrogens with zero attached hydrogens (tertiary/aromatic N) is 1. The molecule has 0 amide bonds. The molecule has 1 heterocycles. The molecule has 0 spiro atoms. The molecular formula is C15H14BNO3. The summed E-state index contributed by atoms with van der Waals surface area (Å²) in [5, 5.41) is 23.9. The molecule has 100 valence electrons. The van der Waals surface area contributed by atoms with Gasteiger partial charge in [0.15, 0.2) is 5.58 Å². The first-order valence-corrected chi connectivity index (χ1v) is 6.48. The van der Waals surface area contributed by atoms with Crippen molar-refractivity contribution in [1.29, 1.82) is 0 Å². The molecule has 0 radical (unpaired) electrons. The fourth-order valence-corrected chi connectivity index (χ4v) is 2.38. The number of hydrogen-bond donors (Lipinski definition) is 2. The number of hydrogen-bond acceptors (Lipinski definition) is 4. The number of benzene rings is 2. The van der Waals surface area contributed by atoms with Crippen molar-refractivity contribution in [1.82, 2.24) is 5.16 Å². The van der Waals surface area contributed by atoms with Crippen LogP contribution in [0.15, 0.2) is 59.3 Å². The predicted octanol–water partition coefficient (Wildman–Crippen LogP) is 2.17. The largest absolute Gasteiger partial charge is 0.459 e. The molecule has 0 saturated carbocycles. The lowest BCUT2D eigenvalue weighted by molar-refractivity contribution is 0.386. The molecule has 1 atom stereocenters. The van der Waals surface area contributed by atoms with E-state index in [1.807, 2.05) is 42.5 Å². The summed E-state index contributed by atoms with van der Waals surface area (Å²) in [6.07, 6.45) is 2.19. The first-order valence-electron chi connectivity index (χ1n) is 6.48. The van der Waals surface area contributed by atoms with Crippen molar-refractivity contribution in [3.63, 3.8) is 0 Å². The summed E-state index contributed by atoms with van der Waals surface area (Å²) in [5.41, 5.74) is 2.62. The fraction of sp³-hybridized carbons (Fsp3) is 0.133. The molecule has 2 N–H and O–H groups in total. The van der Waals surface area contributed by atoms with Gasteiger partial charge in [-0.05, 0) is 29.7 Å². The Hall–Kier alpha value is -2.11. The summed E-state index contributed by atoms with van der Waals surface area (Å²) in [5.74, 6) is -0.378. The Morgan fingerprint density at radius 1 is 1.10 bits per heavy atom. The van der Waals surface area contributed by atoms with Gasteiger partial charge in [-0.25, -0.2) is 0 Å². The van der Waals surface area contributed by atoms with Crippen LogP contribution in [0.25, 0.3) is 11.0 Å². The SMILES string of the molecule is OB(O)C(Cc1ccccc1)c1ccc2oncc2c1. The molecule has 3 rings (SSSR count). The zero-order chi connectivity index (χ0) is 13.9. The third-order valence-corrected chi connectivity index (χ3v) is 3.46. The minimum absolute atomic E-state index is 0.378. The predicted molar refractivity (Wildman–Crippen MR) is 77.1 cm³/mol. The smallest absolute Gasteiger partial charge is 0.427 e. The maximum atomic E-state index is 9.67. The second-order valence-corrected chi connectivity index (χ2v) is 4.83. The first-order chi connectivity index (χ1) is 9.74. The number of rotatable bonds is 4. The van der Waals surface area contributed by atoms with Crippen molar-refractivity contribution < 1.29 is 14.6 Å². The number of fused-ring (bicyclic) bond motifs is 1. The van der Waals surface area contributed by atoms with Gasteiger partial charge in [0.05, 0.1) is 6.20 Å². The molecular weight excluding hydrogens is 253 g/mol. The van der Waals surface area contributed by atoms with Gasteiger partial charge in [0.25, 0.3) is 0 Å². The van der Waals surface area contributed by atoms with Crippen LogP contribution in [0.2, 0.25) is 0 Å². The summed E-state index contributed by atoms with van der Waals surface area (Å²) in [4.78, 5) is 0. The van der Waals surface area contributed by atoms with Gasteiger partial charge in [0, 0.05) is 11.2 Å². The molecule has 1 aromatic heterocycles. The van der Waals surface area contributed by atoms with Crippen molar-refractivity contribution in [3.05, 3.63) is 65.9 Å². The van der Waals surface area contributed by atoms with Crippen LogP contribution in [0, 0.1) is 0 Å². The van der Waals surface area contributed by atoms with Crippen LogP contribution in [0.1, 0.15) is 16.9 Å². The van der Waals surface area contributed by atoms with Crippen LogP contribution in [-0.4, -0.2) is 22.3 Å². The lowest BCUT2D eigenvalue weighted by atomic mass is 9.66. The Labute approximate surface area is 116 Å². The highest BCUT2D eigenvalue weighted by Gasteiger charge is 2.25. The highest BCUT2D eigenvalue weighted by atomic mass is 16.5. The second kappa shape index (κ2) is 5.49. The fourth-order valence-electron chi connectivity index (χ4n) is 2.38. The van der Waals surface area contributed by atoms with Crippen molar-refractivity contribution in [3.8, 4) is 0 Å². The molecule has 0 saturated heterocycles. The van der Waals surface area contributed by atoms with E-state index >= 15 is 0 Å². The normalized spacial score (nSPS) is 12.5. The molecule has 2 aromatic carbocycles. The molecule has 5 heteroatoms. The van der Waals surface area contributed by atoms with Crippen molar-refractivity contribution in [2.24, 2.45) is 0 Å². The van der Waals surface area contributed by atoms with Crippen LogP contribution in [-0.2, 0) is 6.42 Å². The molecule has 0 aliphatic heterocycles.